The third kappa shape index (κ3) is 3.63. The fourth-order valence-corrected chi connectivity index (χ4v) is 2.44. The van der Waals surface area contributed by atoms with Crippen molar-refractivity contribution in [2.24, 2.45) is 0 Å². The zero-order chi connectivity index (χ0) is 17.8. The summed E-state index contributed by atoms with van der Waals surface area (Å²) in [5.74, 6) is -0.488. The molecule has 0 saturated heterocycles. The van der Waals surface area contributed by atoms with Gasteiger partial charge in [-0.1, -0.05) is 30.3 Å². The van der Waals surface area contributed by atoms with E-state index in [4.69, 9.17) is 9.47 Å². The summed E-state index contributed by atoms with van der Waals surface area (Å²) in [6.07, 6.45) is -0.955. The molecule has 0 spiro atoms. The van der Waals surface area contributed by atoms with Crippen LogP contribution in [0.2, 0.25) is 0 Å². The highest BCUT2D eigenvalue weighted by Gasteiger charge is 2.21. The molecule has 1 atom stereocenters. The molecule has 3 aromatic rings. The number of carbonyl (C=O) groups is 2. The maximum Gasteiger partial charge on any atom is 0.355 e. The quantitative estimate of drug-likeness (QED) is 0.699. The molecule has 6 nitrogen and oxygen atoms in total. The highest BCUT2D eigenvalue weighted by atomic mass is 16.5. The molecule has 25 heavy (non-hydrogen) atoms. The summed E-state index contributed by atoms with van der Waals surface area (Å²) >= 11 is 0. The molecule has 0 bridgehead atoms. The number of nitrogens with one attached hydrogen (secondary N) is 2. The van der Waals surface area contributed by atoms with E-state index in [1.165, 1.54) is 14.0 Å². The Bertz CT molecular complexity index is 883. The van der Waals surface area contributed by atoms with Crippen molar-refractivity contribution in [1.82, 2.24) is 4.98 Å². The van der Waals surface area contributed by atoms with Crippen LogP contribution in [0.25, 0.3) is 10.9 Å². The van der Waals surface area contributed by atoms with Gasteiger partial charge in [0.1, 0.15) is 11.4 Å². The van der Waals surface area contributed by atoms with Crippen LogP contribution in [-0.2, 0) is 9.53 Å². The van der Waals surface area contributed by atoms with Crippen molar-refractivity contribution in [3.05, 3.63) is 60.3 Å². The summed E-state index contributed by atoms with van der Waals surface area (Å²) in [6.45, 7) is 1.52. The summed E-state index contributed by atoms with van der Waals surface area (Å²) in [7, 11) is 1.52. The first-order chi connectivity index (χ1) is 12.1. The average Bonchev–Trinajstić information content (AvgIpc) is 3.06. The van der Waals surface area contributed by atoms with Crippen LogP contribution in [0.3, 0.4) is 0 Å². The van der Waals surface area contributed by atoms with Gasteiger partial charge in [0.05, 0.1) is 12.8 Å². The Morgan fingerprint density at radius 1 is 1.08 bits per heavy atom. The Balaban J connectivity index is 1.67. The van der Waals surface area contributed by atoms with Gasteiger partial charge in [-0.05, 0) is 31.2 Å². The van der Waals surface area contributed by atoms with E-state index in [1.807, 2.05) is 24.3 Å². The van der Waals surface area contributed by atoms with Crippen LogP contribution in [0.5, 0.6) is 5.75 Å². The molecule has 1 aromatic heterocycles. The van der Waals surface area contributed by atoms with E-state index in [0.29, 0.717) is 17.1 Å². The summed E-state index contributed by atoms with van der Waals surface area (Å²) in [5.41, 5.74) is 1.65. The Labute approximate surface area is 144 Å². The summed E-state index contributed by atoms with van der Waals surface area (Å²) in [4.78, 5) is 27.5. The molecule has 0 aliphatic heterocycles. The number of rotatable bonds is 5. The predicted octanol–water partition coefficient (Wildman–Crippen LogP) is 3.36. The maximum absolute atomic E-state index is 12.3. The van der Waals surface area contributed by atoms with Crippen LogP contribution < -0.4 is 10.1 Å². The van der Waals surface area contributed by atoms with Gasteiger partial charge in [0.25, 0.3) is 5.91 Å². The van der Waals surface area contributed by atoms with Crippen molar-refractivity contribution < 1.29 is 19.1 Å². The van der Waals surface area contributed by atoms with Gasteiger partial charge in [-0.3, -0.25) is 4.79 Å². The topological polar surface area (TPSA) is 80.4 Å². The Morgan fingerprint density at radius 2 is 1.80 bits per heavy atom. The van der Waals surface area contributed by atoms with Crippen molar-refractivity contribution >= 4 is 28.5 Å². The zero-order valence-electron chi connectivity index (χ0n) is 13.9. The molecule has 0 aliphatic rings. The minimum absolute atomic E-state index is 0.304. The molecule has 1 heterocycles. The van der Waals surface area contributed by atoms with Gasteiger partial charge in [0.2, 0.25) is 0 Å². The fraction of sp³-hybridized carbons (Fsp3) is 0.158. The van der Waals surface area contributed by atoms with E-state index >= 15 is 0 Å². The second-order valence-electron chi connectivity index (χ2n) is 5.51. The van der Waals surface area contributed by atoms with E-state index < -0.39 is 18.0 Å². The van der Waals surface area contributed by atoms with Gasteiger partial charge in [0.15, 0.2) is 6.10 Å². The number of aromatic amines is 1. The summed E-state index contributed by atoms with van der Waals surface area (Å²) < 4.78 is 10.4. The van der Waals surface area contributed by atoms with E-state index in [2.05, 4.69) is 10.3 Å². The van der Waals surface area contributed by atoms with Crippen molar-refractivity contribution in [3.63, 3.8) is 0 Å². The van der Waals surface area contributed by atoms with Gasteiger partial charge in [-0.2, -0.15) is 0 Å². The first-order valence-electron chi connectivity index (χ1n) is 7.81. The lowest BCUT2D eigenvalue weighted by atomic mass is 10.2. The second kappa shape index (κ2) is 7.09. The van der Waals surface area contributed by atoms with Crippen LogP contribution in [0, 0.1) is 0 Å². The normalized spacial score (nSPS) is 11.8. The standard InChI is InChI=1S/C19H18N2O4/c1-12(18(22)21-15-9-5-6-10-17(15)24-2)25-19(23)16-11-13-7-3-4-8-14(13)20-16/h3-12,20H,1-2H3,(H,21,22). The van der Waals surface area contributed by atoms with Crippen LogP contribution in [0.1, 0.15) is 17.4 Å². The molecule has 2 N–H and O–H groups in total. The summed E-state index contributed by atoms with van der Waals surface area (Å²) in [5, 5.41) is 3.60. The van der Waals surface area contributed by atoms with Gasteiger partial charge in [-0.15, -0.1) is 0 Å². The van der Waals surface area contributed by atoms with E-state index in [-0.39, 0.29) is 0 Å². The Hall–Kier alpha value is -3.28. The van der Waals surface area contributed by atoms with Crippen molar-refractivity contribution in [2.75, 3.05) is 12.4 Å². The predicted molar refractivity (Wildman–Crippen MR) is 94.8 cm³/mol. The van der Waals surface area contributed by atoms with E-state index in [9.17, 15) is 9.59 Å². The monoisotopic (exact) mass is 338 g/mol. The highest BCUT2D eigenvalue weighted by Crippen LogP contribution is 2.23. The van der Waals surface area contributed by atoms with Gasteiger partial charge >= 0.3 is 5.97 Å². The summed E-state index contributed by atoms with van der Waals surface area (Å²) in [6, 6.07) is 16.2. The molecule has 0 aliphatic carbocycles. The lowest BCUT2D eigenvalue weighted by Crippen LogP contribution is -2.30. The number of hydrogen-bond acceptors (Lipinski definition) is 4. The molecule has 0 fully saturated rings. The van der Waals surface area contributed by atoms with Crippen LogP contribution in [0.4, 0.5) is 5.69 Å². The average molecular weight is 338 g/mol. The SMILES string of the molecule is COc1ccccc1NC(=O)C(C)OC(=O)c1cc2ccccc2[nH]1. The van der Waals surface area contributed by atoms with Crippen molar-refractivity contribution in [3.8, 4) is 5.75 Å². The van der Waals surface area contributed by atoms with E-state index in [1.54, 1.807) is 30.3 Å². The lowest BCUT2D eigenvalue weighted by Gasteiger charge is -2.14. The number of benzene rings is 2. The number of amides is 1. The Morgan fingerprint density at radius 3 is 2.56 bits per heavy atom. The number of H-pyrrole nitrogens is 1. The minimum atomic E-state index is -0.955. The molecule has 3 rings (SSSR count). The molecule has 0 saturated carbocycles. The largest absolute Gasteiger partial charge is 0.495 e. The molecular formula is C19H18N2O4. The van der Waals surface area contributed by atoms with Gasteiger partial charge in [-0.25, -0.2) is 4.79 Å². The number of methoxy groups -OCH3 is 1. The van der Waals surface area contributed by atoms with Crippen LogP contribution in [0.15, 0.2) is 54.6 Å². The fourth-order valence-electron chi connectivity index (χ4n) is 2.44. The molecule has 1 amide bonds. The number of esters is 1. The molecule has 2 aromatic carbocycles. The number of fused-ring (bicyclic) bond motifs is 1. The first-order valence-corrected chi connectivity index (χ1v) is 7.81. The van der Waals surface area contributed by atoms with Crippen molar-refractivity contribution in [2.45, 2.75) is 13.0 Å². The lowest BCUT2D eigenvalue weighted by molar-refractivity contribution is -0.123. The number of para-hydroxylation sites is 3. The minimum Gasteiger partial charge on any atom is -0.495 e. The second-order valence-corrected chi connectivity index (χ2v) is 5.51. The van der Waals surface area contributed by atoms with Gasteiger partial charge in [0, 0.05) is 10.9 Å². The number of carbonyl (C=O) groups excluding carboxylic acids is 2. The zero-order valence-corrected chi connectivity index (χ0v) is 13.9. The number of hydrogen-bond donors (Lipinski definition) is 2. The van der Waals surface area contributed by atoms with Gasteiger partial charge < -0.3 is 19.8 Å². The molecule has 128 valence electrons. The smallest absolute Gasteiger partial charge is 0.355 e. The molecular weight excluding hydrogens is 320 g/mol. The molecule has 1 unspecified atom stereocenters. The number of anilines is 1. The molecule has 6 heteroatoms. The number of aromatic nitrogens is 1. The van der Waals surface area contributed by atoms with Crippen molar-refractivity contribution in [1.29, 1.82) is 0 Å². The van der Waals surface area contributed by atoms with E-state index in [0.717, 1.165) is 10.9 Å². The first kappa shape index (κ1) is 16.6. The third-order valence-corrected chi connectivity index (χ3v) is 3.77. The van der Waals surface area contributed by atoms with Crippen LogP contribution >= 0.6 is 0 Å². The third-order valence-electron chi connectivity index (χ3n) is 3.77. The van der Waals surface area contributed by atoms with Crippen LogP contribution in [-0.4, -0.2) is 30.1 Å². The molecule has 0 radical (unpaired) electrons. The highest BCUT2D eigenvalue weighted by molar-refractivity contribution is 5.99. The maximum atomic E-state index is 12.3. The number of ether oxygens (including phenoxy) is 2. The Kier molecular flexibility index (Phi) is 4.70.